The van der Waals surface area contributed by atoms with Gasteiger partial charge < -0.3 is 9.84 Å². The zero-order chi connectivity index (χ0) is 18.5. The number of aromatic nitrogens is 3. The second-order valence-electron chi connectivity index (χ2n) is 5.85. The number of carbonyl (C=O) groups is 1. The van der Waals surface area contributed by atoms with Crippen LogP contribution in [0.4, 0.5) is 5.69 Å². The molecule has 2 aromatic rings. The molecule has 1 aromatic carbocycles. The summed E-state index contributed by atoms with van der Waals surface area (Å²) >= 11 is 1.33. The van der Waals surface area contributed by atoms with Crippen LogP contribution in [0.5, 0.6) is 0 Å². The van der Waals surface area contributed by atoms with E-state index in [4.69, 9.17) is 9.84 Å². The molecule has 0 saturated carbocycles. The van der Waals surface area contributed by atoms with Gasteiger partial charge in [-0.2, -0.15) is 0 Å². The van der Waals surface area contributed by atoms with Crippen molar-refractivity contribution in [2.75, 3.05) is 12.4 Å². The third kappa shape index (κ3) is 4.38. The van der Waals surface area contributed by atoms with E-state index < -0.39 is 10.9 Å². The van der Waals surface area contributed by atoms with Gasteiger partial charge in [-0.3, -0.25) is 19.5 Å². The predicted octanol–water partition coefficient (Wildman–Crippen LogP) is 2.60. The molecule has 2 heterocycles. The van der Waals surface area contributed by atoms with E-state index >= 15 is 0 Å². The molecule has 10 heteroatoms. The van der Waals surface area contributed by atoms with Crippen molar-refractivity contribution < 1.29 is 19.6 Å². The van der Waals surface area contributed by atoms with E-state index in [1.165, 1.54) is 23.9 Å². The van der Waals surface area contributed by atoms with Crippen LogP contribution >= 0.6 is 11.8 Å². The molecule has 9 nitrogen and oxygen atoms in total. The fourth-order valence-electron chi connectivity index (χ4n) is 2.73. The molecule has 0 bridgehead atoms. The Balaban J connectivity index is 1.86. The van der Waals surface area contributed by atoms with E-state index in [2.05, 4.69) is 10.2 Å². The highest BCUT2D eigenvalue weighted by Gasteiger charge is 2.22. The van der Waals surface area contributed by atoms with Gasteiger partial charge in [0.2, 0.25) is 0 Å². The highest BCUT2D eigenvalue weighted by molar-refractivity contribution is 7.99. The monoisotopic (exact) mass is 378 g/mol. The summed E-state index contributed by atoms with van der Waals surface area (Å²) in [7, 11) is 0. The summed E-state index contributed by atoms with van der Waals surface area (Å²) in [5.41, 5.74) is 0.723. The van der Waals surface area contributed by atoms with E-state index in [1.807, 2.05) is 4.57 Å². The maximum Gasteiger partial charge on any atom is 0.304 e. The van der Waals surface area contributed by atoms with Crippen LogP contribution in [0.1, 0.15) is 19.3 Å². The van der Waals surface area contributed by atoms with Crippen LogP contribution in [0.3, 0.4) is 0 Å². The quantitative estimate of drug-likeness (QED) is 0.423. The molecule has 0 radical (unpaired) electrons. The molecular weight excluding hydrogens is 360 g/mol. The minimum Gasteiger partial charge on any atom is -0.481 e. The number of non-ortho nitro benzene ring substituents is 1. The smallest absolute Gasteiger partial charge is 0.304 e. The lowest BCUT2D eigenvalue weighted by atomic mass is 10.2. The van der Waals surface area contributed by atoms with Gasteiger partial charge in [-0.15, -0.1) is 10.2 Å². The Morgan fingerprint density at radius 3 is 2.77 bits per heavy atom. The van der Waals surface area contributed by atoms with Crippen LogP contribution < -0.4 is 0 Å². The van der Waals surface area contributed by atoms with Crippen molar-refractivity contribution in [2.24, 2.45) is 0 Å². The number of ether oxygens (including phenoxy) is 1. The van der Waals surface area contributed by atoms with Crippen LogP contribution in [0, 0.1) is 10.1 Å². The minimum atomic E-state index is -0.863. The van der Waals surface area contributed by atoms with Crippen molar-refractivity contribution in [3.8, 4) is 11.4 Å². The summed E-state index contributed by atoms with van der Waals surface area (Å²) in [5, 5.41) is 28.7. The first kappa shape index (κ1) is 18.3. The first-order chi connectivity index (χ1) is 12.5. The average molecular weight is 378 g/mol. The largest absolute Gasteiger partial charge is 0.481 e. The Labute approximate surface area is 153 Å². The number of hydrogen-bond acceptors (Lipinski definition) is 7. The molecule has 1 aromatic heterocycles. The van der Waals surface area contributed by atoms with Gasteiger partial charge in [-0.05, 0) is 25.0 Å². The van der Waals surface area contributed by atoms with E-state index in [9.17, 15) is 14.9 Å². The molecule has 3 rings (SSSR count). The average Bonchev–Trinajstić information content (AvgIpc) is 3.26. The zero-order valence-corrected chi connectivity index (χ0v) is 14.7. The Kier molecular flexibility index (Phi) is 5.84. The molecule has 0 unspecified atom stereocenters. The molecule has 1 saturated heterocycles. The maximum atomic E-state index is 10.8. The molecule has 1 N–H and O–H groups in total. The van der Waals surface area contributed by atoms with Gasteiger partial charge in [0.25, 0.3) is 5.69 Å². The topological polar surface area (TPSA) is 120 Å². The molecule has 26 heavy (non-hydrogen) atoms. The number of benzene rings is 1. The van der Waals surface area contributed by atoms with Crippen molar-refractivity contribution in [3.05, 3.63) is 34.4 Å². The molecule has 1 fully saturated rings. The van der Waals surface area contributed by atoms with Crippen LogP contribution in [-0.2, 0) is 16.1 Å². The Hall–Kier alpha value is -2.46. The summed E-state index contributed by atoms with van der Waals surface area (Å²) < 4.78 is 7.60. The number of nitro benzene ring substituents is 1. The minimum absolute atomic E-state index is 0.00926. The molecule has 0 aliphatic carbocycles. The van der Waals surface area contributed by atoms with Crippen molar-refractivity contribution >= 4 is 23.4 Å². The van der Waals surface area contributed by atoms with Crippen LogP contribution in [0.15, 0.2) is 29.4 Å². The third-order valence-electron chi connectivity index (χ3n) is 4.01. The number of thioether (sulfide) groups is 1. The summed E-state index contributed by atoms with van der Waals surface area (Å²) in [6, 6.07) is 6.13. The maximum absolute atomic E-state index is 10.8. The second-order valence-corrected chi connectivity index (χ2v) is 6.91. The molecule has 0 spiro atoms. The zero-order valence-electron chi connectivity index (χ0n) is 13.9. The summed E-state index contributed by atoms with van der Waals surface area (Å²) in [6.07, 6.45) is 2.03. The van der Waals surface area contributed by atoms with Gasteiger partial charge in [0, 0.05) is 30.1 Å². The molecule has 1 aliphatic heterocycles. The number of rotatable bonds is 8. The van der Waals surface area contributed by atoms with Crippen molar-refractivity contribution in [2.45, 2.75) is 37.1 Å². The number of nitrogens with zero attached hydrogens (tertiary/aromatic N) is 4. The standard InChI is InChI=1S/C16H18N4O5S/c21-14(22)7-9-26-16-18-17-15(19(16)10-13-2-1-8-25-13)11-3-5-12(6-4-11)20(23)24/h3-6,13H,1-2,7-10H2,(H,21,22)/t13-/m1/s1. The molecule has 0 amide bonds. The molecule has 1 aliphatic rings. The number of aliphatic carboxylic acids is 1. The summed E-state index contributed by atoms with van der Waals surface area (Å²) in [4.78, 5) is 21.1. The lowest BCUT2D eigenvalue weighted by Gasteiger charge is -2.14. The molecular formula is C16H18N4O5S. The highest BCUT2D eigenvalue weighted by atomic mass is 32.2. The van der Waals surface area contributed by atoms with Gasteiger partial charge in [0.05, 0.1) is 24.0 Å². The van der Waals surface area contributed by atoms with Crippen LogP contribution in [0.2, 0.25) is 0 Å². The van der Waals surface area contributed by atoms with E-state index in [0.29, 0.717) is 28.8 Å². The first-order valence-corrected chi connectivity index (χ1v) is 9.17. The number of carboxylic acids is 1. The Morgan fingerprint density at radius 2 is 2.15 bits per heavy atom. The molecule has 138 valence electrons. The predicted molar refractivity (Wildman–Crippen MR) is 94.1 cm³/mol. The number of nitro groups is 1. The van der Waals surface area contributed by atoms with Gasteiger partial charge >= 0.3 is 5.97 Å². The lowest BCUT2D eigenvalue weighted by Crippen LogP contribution is -2.16. The SMILES string of the molecule is O=C(O)CCSc1nnc(-c2ccc([N+](=O)[O-])cc2)n1C[C@H]1CCCO1. The fraction of sp³-hybridized carbons (Fsp3) is 0.438. The van der Waals surface area contributed by atoms with Crippen molar-refractivity contribution in [1.29, 1.82) is 0 Å². The van der Waals surface area contributed by atoms with Crippen LogP contribution in [-0.4, -0.2) is 49.2 Å². The van der Waals surface area contributed by atoms with Gasteiger partial charge in [0.1, 0.15) is 0 Å². The fourth-order valence-corrected chi connectivity index (χ4v) is 3.60. The normalized spacial score (nSPS) is 16.7. The van der Waals surface area contributed by atoms with Crippen molar-refractivity contribution in [1.82, 2.24) is 14.8 Å². The lowest BCUT2D eigenvalue weighted by molar-refractivity contribution is -0.384. The molecule has 1 atom stereocenters. The van der Waals surface area contributed by atoms with Gasteiger partial charge in [0.15, 0.2) is 11.0 Å². The second kappa shape index (κ2) is 8.28. The van der Waals surface area contributed by atoms with Crippen LogP contribution in [0.25, 0.3) is 11.4 Å². The van der Waals surface area contributed by atoms with E-state index in [1.54, 1.807) is 12.1 Å². The number of hydrogen-bond donors (Lipinski definition) is 1. The van der Waals surface area contributed by atoms with Crippen molar-refractivity contribution in [3.63, 3.8) is 0 Å². The summed E-state index contributed by atoms with van der Waals surface area (Å²) in [5.74, 6) is 0.116. The summed E-state index contributed by atoms with van der Waals surface area (Å²) in [6.45, 7) is 1.29. The van der Waals surface area contributed by atoms with E-state index in [0.717, 1.165) is 19.4 Å². The Morgan fingerprint density at radius 1 is 1.38 bits per heavy atom. The number of carboxylic acid groups (broad SMARTS) is 1. The van der Waals surface area contributed by atoms with E-state index in [-0.39, 0.29) is 18.2 Å². The Bertz CT molecular complexity index is 786. The van der Waals surface area contributed by atoms with Gasteiger partial charge in [-0.25, -0.2) is 0 Å². The third-order valence-corrected chi connectivity index (χ3v) is 4.98. The first-order valence-electron chi connectivity index (χ1n) is 8.19. The highest BCUT2D eigenvalue weighted by Crippen LogP contribution is 2.28. The van der Waals surface area contributed by atoms with Gasteiger partial charge in [-0.1, -0.05) is 11.8 Å².